The fourth-order valence-corrected chi connectivity index (χ4v) is 5.89. The van der Waals surface area contributed by atoms with Gasteiger partial charge in [-0.25, -0.2) is 0 Å². The normalized spacial score (nSPS) is 38.4. The van der Waals surface area contributed by atoms with Crippen molar-refractivity contribution in [1.29, 1.82) is 0 Å². The lowest BCUT2D eigenvalue weighted by Crippen LogP contribution is -2.55. The summed E-state index contributed by atoms with van der Waals surface area (Å²) in [7, 11) is 0. The molecule has 126 valence electrons. The summed E-state index contributed by atoms with van der Waals surface area (Å²) in [6, 6.07) is 0. The van der Waals surface area contributed by atoms with Crippen LogP contribution in [0.25, 0.3) is 0 Å². The second kappa shape index (κ2) is 5.51. The van der Waals surface area contributed by atoms with E-state index in [2.05, 4.69) is 19.2 Å². The van der Waals surface area contributed by atoms with Crippen LogP contribution in [-0.2, 0) is 4.79 Å². The smallest absolute Gasteiger partial charge is 0.226 e. The SMILES string of the molecule is CC(C)C(O)C(C)(C)CNC(=O)C12CC3CC(CC(C3)C1)C2. The highest BCUT2D eigenvalue weighted by Crippen LogP contribution is 2.60. The van der Waals surface area contributed by atoms with Crippen LogP contribution in [0, 0.1) is 34.5 Å². The molecule has 0 aromatic carbocycles. The zero-order chi connectivity index (χ0) is 16.1. The number of aliphatic hydroxyl groups is 1. The van der Waals surface area contributed by atoms with Gasteiger partial charge < -0.3 is 10.4 Å². The Morgan fingerprint density at radius 2 is 1.59 bits per heavy atom. The van der Waals surface area contributed by atoms with Crippen LogP contribution in [0.15, 0.2) is 0 Å². The minimum atomic E-state index is -0.385. The van der Waals surface area contributed by atoms with Gasteiger partial charge in [0.1, 0.15) is 0 Å². The highest BCUT2D eigenvalue weighted by molar-refractivity contribution is 5.83. The molecule has 3 nitrogen and oxygen atoms in total. The predicted molar refractivity (Wildman–Crippen MR) is 88.2 cm³/mol. The number of nitrogens with one attached hydrogen (secondary N) is 1. The Kier molecular flexibility index (Phi) is 4.08. The fraction of sp³-hybridized carbons (Fsp3) is 0.947. The van der Waals surface area contributed by atoms with Gasteiger partial charge in [-0.1, -0.05) is 27.7 Å². The number of rotatable bonds is 5. The van der Waals surface area contributed by atoms with E-state index < -0.39 is 0 Å². The van der Waals surface area contributed by atoms with E-state index in [1.165, 1.54) is 19.3 Å². The summed E-state index contributed by atoms with van der Waals surface area (Å²) in [5.74, 6) is 2.88. The van der Waals surface area contributed by atoms with E-state index in [0.717, 1.165) is 37.0 Å². The number of hydrogen-bond acceptors (Lipinski definition) is 2. The molecule has 1 amide bonds. The summed E-state index contributed by atoms with van der Waals surface area (Å²) in [4.78, 5) is 12.9. The van der Waals surface area contributed by atoms with E-state index in [9.17, 15) is 9.90 Å². The van der Waals surface area contributed by atoms with Crippen molar-refractivity contribution in [2.75, 3.05) is 6.54 Å². The first-order valence-electron chi connectivity index (χ1n) is 9.18. The molecule has 4 fully saturated rings. The monoisotopic (exact) mass is 307 g/mol. The Hall–Kier alpha value is -0.570. The topological polar surface area (TPSA) is 49.3 Å². The molecule has 0 radical (unpaired) electrons. The maximum Gasteiger partial charge on any atom is 0.226 e. The summed E-state index contributed by atoms with van der Waals surface area (Å²) < 4.78 is 0. The van der Waals surface area contributed by atoms with Gasteiger partial charge in [-0.05, 0) is 62.2 Å². The Morgan fingerprint density at radius 3 is 2.00 bits per heavy atom. The van der Waals surface area contributed by atoms with Gasteiger partial charge in [0.15, 0.2) is 0 Å². The molecule has 4 saturated carbocycles. The average molecular weight is 307 g/mol. The second-order valence-electron chi connectivity index (χ2n) is 9.56. The molecule has 1 unspecified atom stereocenters. The van der Waals surface area contributed by atoms with Crippen LogP contribution in [0.4, 0.5) is 0 Å². The van der Waals surface area contributed by atoms with Gasteiger partial charge in [-0.15, -0.1) is 0 Å². The summed E-state index contributed by atoms with van der Waals surface area (Å²) in [5, 5.41) is 13.6. The van der Waals surface area contributed by atoms with Gasteiger partial charge in [-0.3, -0.25) is 4.79 Å². The van der Waals surface area contributed by atoms with Crippen molar-refractivity contribution in [3.63, 3.8) is 0 Å². The van der Waals surface area contributed by atoms with Crippen LogP contribution < -0.4 is 5.32 Å². The summed E-state index contributed by atoms with van der Waals surface area (Å²) in [5.41, 5.74) is -0.347. The van der Waals surface area contributed by atoms with Crippen LogP contribution in [0.2, 0.25) is 0 Å². The van der Waals surface area contributed by atoms with Gasteiger partial charge in [0.25, 0.3) is 0 Å². The van der Waals surface area contributed by atoms with Gasteiger partial charge in [0.05, 0.1) is 6.10 Å². The molecule has 0 aromatic heterocycles. The lowest BCUT2D eigenvalue weighted by atomic mass is 9.49. The molecule has 0 spiro atoms. The zero-order valence-corrected chi connectivity index (χ0v) is 14.7. The minimum absolute atomic E-state index is 0.0758. The maximum atomic E-state index is 12.9. The first kappa shape index (κ1) is 16.3. The molecule has 1 atom stereocenters. The third-order valence-corrected chi connectivity index (χ3v) is 6.66. The van der Waals surface area contributed by atoms with Gasteiger partial charge >= 0.3 is 0 Å². The first-order chi connectivity index (χ1) is 10.2. The van der Waals surface area contributed by atoms with Gasteiger partial charge in [0, 0.05) is 17.4 Å². The molecule has 3 heteroatoms. The molecule has 0 saturated heterocycles. The summed E-state index contributed by atoms with van der Waals surface area (Å²) >= 11 is 0. The lowest BCUT2D eigenvalue weighted by Gasteiger charge is -2.55. The van der Waals surface area contributed by atoms with E-state index >= 15 is 0 Å². The summed E-state index contributed by atoms with van der Waals surface area (Å²) in [6.07, 6.45) is 7.04. The standard InChI is InChI=1S/C19H33NO2/c1-12(2)16(21)18(3,4)11-20-17(22)19-8-13-5-14(9-19)7-15(6-13)10-19/h12-16,21H,5-11H2,1-4H3,(H,20,22). The van der Waals surface area contributed by atoms with Crippen molar-refractivity contribution in [2.24, 2.45) is 34.5 Å². The van der Waals surface area contributed by atoms with Crippen LogP contribution in [0.3, 0.4) is 0 Å². The van der Waals surface area contributed by atoms with Crippen molar-refractivity contribution in [2.45, 2.75) is 72.3 Å². The Bertz CT molecular complexity index is 405. The molecule has 0 aliphatic heterocycles. The van der Waals surface area contributed by atoms with E-state index in [1.54, 1.807) is 0 Å². The van der Waals surface area contributed by atoms with E-state index in [-0.39, 0.29) is 28.8 Å². The molecule has 4 aliphatic carbocycles. The molecule has 4 rings (SSSR count). The minimum Gasteiger partial charge on any atom is -0.392 e. The predicted octanol–water partition coefficient (Wildman–Crippen LogP) is 3.36. The first-order valence-corrected chi connectivity index (χ1v) is 9.18. The number of hydrogen-bond donors (Lipinski definition) is 2. The molecule has 22 heavy (non-hydrogen) atoms. The van der Waals surface area contributed by atoms with Gasteiger partial charge in [0.2, 0.25) is 5.91 Å². The van der Waals surface area contributed by atoms with Crippen LogP contribution >= 0.6 is 0 Å². The highest BCUT2D eigenvalue weighted by atomic mass is 16.3. The highest BCUT2D eigenvalue weighted by Gasteiger charge is 2.54. The maximum absolute atomic E-state index is 12.9. The van der Waals surface area contributed by atoms with Crippen molar-refractivity contribution in [1.82, 2.24) is 5.32 Å². The quantitative estimate of drug-likeness (QED) is 0.818. The third kappa shape index (κ3) is 2.81. The largest absolute Gasteiger partial charge is 0.392 e. The van der Waals surface area contributed by atoms with E-state index in [0.29, 0.717) is 6.54 Å². The number of carbonyl (C=O) groups excluding carboxylic acids is 1. The Labute approximate surface area is 135 Å². The van der Waals surface area contributed by atoms with Crippen molar-refractivity contribution in [3.8, 4) is 0 Å². The molecule has 0 heterocycles. The van der Waals surface area contributed by atoms with E-state index in [4.69, 9.17) is 0 Å². The van der Waals surface area contributed by atoms with E-state index in [1.807, 2.05) is 13.8 Å². The third-order valence-electron chi connectivity index (χ3n) is 6.66. The zero-order valence-electron chi connectivity index (χ0n) is 14.7. The number of carbonyl (C=O) groups is 1. The number of aliphatic hydroxyl groups excluding tert-OH is 1. The number of amides is 1. The molecule has 4 bridgehead atoms. The lowest BCUT2D eigenvalue weighted by molar-refractivity contribution is -0.147. The molecule has 4 aliphatic rings. The fourth-order valence-electron chi connectivity index (χ4n) is 5.89. The molecule has 0 aromatic rings. The van der Waals surface area contributed by atoms with Crippen molar-refractivity contribution < 1.29 is 9.90 Å². The van der Waals surface area contributed by atoms with Crippen molar-refractivity contribution in [3.05, 3.63) is 0 Å². The van der Waals surface area contributed by atoms with Crippen LogP contribution in [0.5, 0.6) is 0 Å². The Morgan fingerprint density at radius 1 is 1.14 bits per heavy atom. The van der Waals surface area contributed by atoms with Crippen LogP contribution in [-0.4, -0.2) is 23.7 Å². The Balaban J connectivity index is 1.63. The average Bonchev–Trinajstić information content (AvgIpc) is 2.42. The molecular weight excluding hydrogens is 274 g/mol. The van der Waals surface area contributed by atoms with Crippen LogP contribution in [0.1, 0.15) is 66.2 Å². The van der Waals surface area contributed by atoms with Gasteiger partial charge in [-0.2, -0.15) is 0 Å². The molecule has 2 N–H and O–H groups in total. The summed E-state index contributed by atoms with van der Waals surface area (Å²) in [6.45, 7) is 8.75. The van der Waals surface area contributed by atoms with Crippen molar-refractivity contribution >= 4 is 5.91 Å². The molecular formula is C19H33NO2. The second-order valence-corrected chi connectivity index (χ2v) is 9.56.